The smallest absolute Gasteiger partial charge is 0.268 e. The molecular weight excluding hydrogens is 220 g/mol. The van der Waals surface area contributed by atoms with Crippen molar-refractivity contribution in [3.8, 4) is 23.0 Å². The van der Waals surface area contributed by atoms with Gasteiger partial charge in [-0.1, -0.05) is 12.1 Å². The van der Waals surface area contributed by atoms with Crippen molar-refractivity contribution < 1.29 is 19.7 Å². The lowest BCUT2D eigenvalue weighted by molar-refractivity contribution is 0.0485. The number of benzene rings is 2. The normalized spacial score (nSPS) is 13.9. The van der Waals surface area contributed by atoms with Crippen LogP contribution in [-0.2, 0) is 0 Å². The van der Waals surface area contributed by atoms with E-state index in [1.54, 1.807) is 6.07 Å². The molecule has 17 heavy (non-hydrogen) atoms. The van der Waals surface area contributed by atoms with E-state index in [1.165, 1.54) is 12.1 Å². The van der Waals surface area contributed by atoms with Gasteiger partial charge in [-0.15, -0.1) is 0 Å². The minimum atomic E-state index is -0.584. The molecule has 1 aliphatic rings. The Balaban J connectivity index is 1.91. The second kappa shape index (κ2) is 3.59. The average Bonchev–Trinajstić information content (AvgIpc) is 2.76. The maximum absolute atomic E-state index is 9.42. The monoisotopic (exact) mass is 230 g/mol. The van der Waals surface area contributed by atoms with Gasteiger partial charge >= 0.3 is 0 Å². The Morgan fingerprint density at radius 1 is 0.824 bits per heavy atom. The van der Waals surface area contributed by atoms with Crippen molar-refractivity contribution in [2.24, 2.45) is 0 Å². The van der Waals surface area contributed by atoms with Crippen molar-refractivity contribution in [2.75, 3.05) is 0 Å². The van der Waals surface area contributed by atoms with E-state index in [0.717, 1.165) is 0 Å². The molecule has 0 radical (unpaired) electrons. The molecule has 0 aromatic heterocycles. The molecule has 0 atom stereocenters. The first kappa shape index (κ1) is 9.84. The number of hydrogen-bond acceptors (Lipinski definition) is 4. The van der Waals surface area contributed by atoms with Crippen LogP contribution >= 0.6 is 0 Å². The molecule has 86 valence electrons. The van der Waals surface area contributed by atoms with Crippen LogP contribution in [0.5, 0.6) is 23.0 Å². The molecule has 0 aliphatic carbocycles. The highest BCUT2D eigenvalue weighted by Gasteiger charge is 2.25. The van der Waals surface area contributed by atoms with Gasteiger partial charge in [-0.25, -0.2) is 0 Å². The maximum Gasteiger partial charge on any atom is 0.268 e. The summed E-state index contributed by atoms with van der Waals surface area (Å²) in [5, 5.41) is 18.6. The van der Waals surface area contributed by atoms with E-state index in [2.05, 4.69) is 0 Å². The fourth-order valence-corrected chi connectivity index (χ4v) is 1.72. The molecular formula is C13H10O4. The molecule has 0 unspecified atom stereocenters. The van der Waals surface area contributed by atoms with Crippen LogP contribution in [0.25, 0.3) is 0 Å². The fraction of sp³-hybridized carbons (Fsp3) is 0.0769. The molecule has 3 rings (SSSR count). The topological polar surface area (TPSA) is 58.9 Å². The van der Waals surface area contributed by atoms with E-state index in [-0.39, 0.29) is 11.5 Å². The number of aromatic hydroxyl groups is 2. The van der Waals surface area contributed by atoms with E-state index >= 15 is 0 Å². The predicted octanol–water partition coefficient (Wildman–Crippen LogP) is 2.57. The number of fused-ring (bicyclic) bond motifs is 1. The van der Waals surface area contributed by atoms with E-state index in [0.29, 0.717) is 17.1 Å². The largest absolute Gasteiger partial charge is 0.504 e. The summed E-state index contributed by atoms with van der Waals surface area (Å²) in [7, 11) is 0. The standard InChI is InChI=1S/C13H10O4/c14-9-6-5-8(7-10(9)15)13-16-11-3-1-2-4-12(11)17-13/h1-7,13-15H. The Kier molecular flexibility index (Phi) is 2.08. The third-order valence-corrected chi connectivity index (χ3v) is 2.59. The zero-order valence-corrected chi connectivity index (χ0v) is 8.83. The summed E-state index contributed by atoms with van der Waals surface area (Å²) in [4.78, 5) is 0. The summed E-state index contributed by atoms with van der Waals surface area (Å²) in [5.74, 6) is 0.991. The fourth-order valence-electron chi connectivity index (χ4n) is 1.72. The van der Waals surface area contributed by atoms with Crippen molar-refractivity contribution in [3.05, 3.63) is 48.0 Å². The molecule has 2 aromatic rings. The highest BCUT2D eigenvalue weighted by atomic mass is 16.7. The molecule has 1 aliphatic heterocycles. The number of rotatable bonds is 1. The second-order valence-electron chi connectivity index (χ2n) is 3.76. The molecule has 0 spiro atoms. The molecule has 0 saturated carbocycles. The Hall–Kier alpha value is -2.36. The summed E-state index contributed by atoms with van der Waals surface area (Å²) in [6, 6.07) is 11.8. The Labute approximate surface area is 97.7 Å². The quantitative estimate of drug-likeness (QED) is 0.739. The lowest BCUT2D eigenvalue weighted by Crippen LogP contribution is -2.07. The first-order valence-corrected chi connectivity index (χ1v) is 5.18. The van der Waals surface area contributed by atoms with Gasteiger partial charge < -0.3 is 19.7 Å². The molecule has 4 nitrogen and oxygen atoms in total. The minimum Gasteiger partial charge on any atom is -0.504 e. The zero-order chi connectivity index (χ0) is 11.8. The van der Waals surface area contributed by atoms with Gasteiger partial charge in [0.2, 0.25) is 0 Å². The van der Waals surface area contributed by atoms with Gasteiger partial charge in [-0.2, -0.15) is 0 Å². The van der Waals surface area contributed by atoms with Crippen LogP contribution in [0.15, 0.2) is 42.5 Å². The Bertz CT molecular complexity index is 540. The highest BCUT2D eigenvalue weighted by Crippen LogP contribution is 2.41. The molecule has 2 N–H and O–H groups in total. The van der Waals surface area contributed by atoms with E-state index in [1.807, 2.05) is 24.3 Å². The molecule has 0 saturated heterocycles. The first-order chi connectivity index (χ1) is 8.24. The van der Waals surface area contributed by atoms with Crippen LogP contribution in [-0.4, -0.2) is 10.2 Å². The van der Waals surface area contributed by atoms with Crippen LogP contribution in [0.3, 0.4) is 0 Å². The van der Waals surface area contributed by atoms with Gasteiger partial charge in [0.1, 0.15) is 0 Å². The van der Waals surface area contributed by atoms with Gasteiger partial charge in [0, 0.05) is 5.56 Å². The SMILES string of the molecule is Oc1ccc(C2Oc3ccccc3O2)cc1O. The van der Waals surface area contributed by atoms with Crippen molar-refractivity contribution >= 4 is 0 Å². The van der Waals surface area contributed by atoms with Gasteiger partial charge in [0.05, 0.1) is 0 Å². The van der Waals surface area contributed by atoms with Gasteiger partial charge in [-0.05, 0) is 30.3 Å². The average molecular weight is 230 g/mol. The third kappa shape index (κ3) is 1.63. The van der Waals surface area contributed by atoms with Gasteiger partial charge in [0.15, 0.2) is 23.0 Å². The summed E-state index contributed by atoms with van der Waals surface area (Å²) < 4.78 is 11.1. The molecule has 0 amide bonds. The van der Waals surface area contributed by atoms with Gasteiger partial charge in [-0.3, -0.25) is 0 Å². The molecule has 1 heterocycles. The summed E-state index contributed by atoms with van der Waals surface area (Å²) in [6.45, 7) is 0. The van der Waals surface area contributed by atoms with Crippen LogP contribution in [0, 0.1) is 0 Å². The number of phenolic OH excluding ortho intramolecular Hbond substituents is 2. The number of hydrogen-bond donors (Lipinski definition) is 2. The number of para-hydroxylation sites is 2. The van der Waals surface area contributed by atoms with E-state index < -0.39 is 6.29 Å². The van der Waals surface area contributed by atoms with Crippen molar-refractivity contribution in [2.45, 2.75) is 6.29 Å². The van der Waals surface area contributed by atoms with Crippen LogP contribution in [0.4, 0.5) is 0 Å². The van der Waals surface area contributed by atoms with E-state index in [4.69, 9.17) is 9.47 Å². The second-order valence-corrected chi connectivity index (χ2v) is 3.76. The first-order valence-electron chi connectivity index (χ1n) is 5.18. The maximum atomic E-state index is 9.42. The lowest BCUT2D eigenvalue weighted by Gasteiger charge is -2.11. The van der Waals surface area contributed by atoms with E-state index in [9.17, 15) is 10.2 Å². The third-order valence-electron chi connectivity index (χ3n) is 2.59. The highest BCUT2D eigenvalue weighted by molar-refractivity contribution is 5.45. The van der Waals surface area contributed by atoms with Crippen molar-refractivity contribution in [1.82, 2.24) is 0 Å². The molecule has 0 fully saturated rings. The summed E-state index contributed by atoms with van der Waals surface area (Å²) in [6.07, 6.45) is -0.584. The molecule has 4 heteroatoms. The van der Waals surface area contributed by atoms with Gasteiger partial charge in [0.25, 0.3) is 6.29 Å². The summed E-state index contributed by atoms with van der Waals surface area (Å²) >= 11 is 0. The van der Waals surface area contributed by atoms with Crippen LogP contribution < -0.4 is 9.47 Å². The molecule has 2 aromatic carbocycles. The Morgan fingerprint density at radius 2 is 1.47 bits per heavy atom. The van der Waals surface area contributed by atoms with Crippen LogP contribution in [0.2, 0.25) is 0 Å². The molecule has 0 bridgehead atoms. The summed E-state index contributed by atoms with van der Waals surface area (Å²) in [5.41, 5.74) is 0.650. The minimum absolute atomic E-state index is 0.163. The Morgan fingerprint density at radius 3 is 2.06 bits per heavy atom. The van der Waals surface area contributed by atoms with Crippen molar-refractivity contribution in [3.63, 3.8) is 0 Å². The van der Waals surface area contributed by atoms with Crippen molar-refractivity contribution in [1.29, 1.82) is 0 Å². The lowest BCUT2D eigenvalue weighted by atomic mass is 10.2. The zero-order valence-electron chi connectivity index (χ0n) is 8.83. The number of phenols is 2. The predicted molar refractivity (Wildman–Crippen MR) is 60.2 cm³/mol. The van der Waals surface area contributed by atoms with Crippen LogP contribution in [0.1, 0.15) is 11.9 Å². The number of ether oxygens (including phenoxy) is 2.